The van der Waals surface area contributed by atoms with Crippen LogP contribution in [0.4, 0.5) is 5.82 Å². The number of anilines is 1. The van der Waals surface area contributed by atoms with Crippen molar-refractivity contribution in [2.75, 3.05) is 31.6 Å². The first-order valence-corrected chi connectivity index (χ1v) is 7.17. The Balaban J connectivity index is 2.09. The van der Waals surface area contributed by atoms with E-state index in [0.717, 1.165) is 12.4 Å². The van der Waals surface area contributed by atoms with Gasteiger partial charge in [0, 0.05) is 25.8 Å². The van der Waals surface area contributed by atoms with Crippen molar-refractivity contribution < 1.29 is 0 Å². The molecule has 1 atom stereocenters. The number of likely N-dealkylation sites (tertiary alicyclic amines) is 1. The van der Waals surface area contributed by atoms with Gasteiger partial charge in [-0.05, 0) is 50.9 Å². The molecule has 0 bridgehead atoms. The Morgan fingerprint density at radius 3 is 2.83 bits per heavy atom. The normalized spacial score (nSPS) is 20.3. The van der Waals surface area contributed by atoms with Crippen LogP contribution in [0.15, 0.2) is 18.3 Å². The maximum atomic E-state index is 4.59. The number of aromatic nitrogens is 1. The molecule has 1 aromatic heterocycles. The number of hydrogen-bond acceptors (Lipinski definition) is 3. The van der Waals surface area contributed by atoms with Crippen LogP contribution in [0, 0.1) is 0 Å². The molecular weight excluding hydrogens is 222 g/mol. The molecule has 100 valence electrons. The minimum atomic E-state index is 0.596. The Hall–Kier alpha value is -1.09. The van der Waals surface area contributed by atoms with Crippen LogP contribution in [0.5, 0.6) is 0 Å². The summed E-state index contributed by atoms with van der Waals surface area (Å²) in [5, 5.41) is 0. The lowest BCUT2D eigenvalue weighted by molar-refractivity contribution is 0.257. The van der Waals surface area contributed by atoms with Crippen LogP contribution in [-0.4, -0.2) is 36.6 Å². The molecule has 3 nitrogen and oxygen atoms in total. The third kappa shape index (κ3) is 2.83. The summed E-state index contributed by atoms with van der Waals surface area (Å²) >= 11 is 0. The van der Waals surface area contributed by atoms with Gasteiger partial charge in [0.1, 0.15) is 5.82 Å². The number of pyridine rings is 1. The molecule has 2 heterocycles. The smallest absolute Gasteiger partial charge is 0.128 e. The molecule has 0 unspecified atom stereocenters. The quantitative estimate of drug-likeness (QED) is 0.797. The predicted octanol–water partition coefficient (Wildman–Crippen LogP) is 3.08. The van der Waals surface area contributed by atoms with Crippen molar-refractivity contribution in [1.82, 2.24) is 9.88 Å². The molecule has 1 aromatic rings. The van der Waals surface area contributed by atoms with Crippen molar-refractivity contribution in [3.05, 3.63) is 23.9 Å². The highest BCUT2D eigenvalue weighted by atomic mass is 15.2. The van der Waals surface area contributed by atoms with E-state index in [1.54, 1.807) is 0 Å². The van der Waals surface area contributed by atoms with Crippen molar-refractivity contribution in [1.29, 1.82) is 0 Å². The third-order valence-electron chi connectivity index (χ3n) is 3.90. The maximum Gasteiger partial charge on any atom is 0.128 e. The molecule has 0 saturated carbocycles. The molecule has 0 aliphatic carbocycles. The van der Waals surface area contributed by atoms with Crippen LogP contribution in [0.1, 0.15) is 44.7 Å². The molecule has 2 rings (SSSR count). The summed E-state index contributed by atoms with van der Waals surface area (Å²) in [5.74, 6) is 1.07. The van der Waals surface area contributed by atoms with Gasteiger partial charge in [0.2, 0.25) is 0 Å². The Labute approximate surface area is 111 Å². The summed E-state index contributed by atoms with van der Waals surface area (Å²) in [7, 11) is 2.08. The van der Waals surface area contributed by atoms with Gasteiger partial charge in [0.15, 0.2) is 0 Å². The Morgan fingerprint density at radius 2 is 2.22 bits per heavy atom. The molecule has 0 N–H and O–H groups in total. The molecule has 1 saturated heterocycles. The van der Waals surface area contributed by atoms with Gasteiger partial charge in [-0.2, -0.15) is 0 Å². The van der Waals surface area contributed by atoms with Gasteiger partial charge >= 0.3 is 0 Å². The summed E-state index contributed by atoms with van der Waals surface area (Å²) in [6, 6.07) is 5.01. The van der Waals surface area contributed by atoms with Gasteiger partial charge in [-0.3, -0.25) is 4.90 Å². The molecule has 18 heavy (non-hydrogen) atoms. The lowest BCUT2D eigenvalue weighted by Crippen LogP contribution is -2.24. The molecule has 0 amide bonds. The minimum Gasteiger partial charge on any atom is -0.360 e. The zero-order valence-electron chi connectivity index (χ0n) is 11.9. The first-order chi connectivity index (χ1) is 8.76. The van der Waals surface area contributed by atoms with E-state index in [1.807, 2.05) is 0 Å². The summed E-state index contributed by atoms with van der Waals surface area (Å²) in [6.07, 6.45) is 5.91. The highest BCUT2D eigenvalue weighted by molar-refractivity contribution is 5.38. The van der Waals surface area contributed by atoms with Crippen LogP contribution in [0.3, 0.4) is 0 Å². The standard InChI is InChI=1S/C15H25N3/c1-4-10-18-11-6-7-14(18)13-8-9-15(16-12-13)17(3)5-2/h8-9,12,14H,4-7,10-11H2,1-3H3/t14-/m1/s1. The fourth-order valence-electron chi connectivity index (χ4n) is 2.74. The highest BCUT2D eigenvalue weighted by Crippen LogP contribution is 2.31. The Bertz CT molecular complexity index is 361. The molecule has 0 aromatic carbocycles. The van der Waals surface area contributed by atoms with E-state index in [0.29, 0.717) is 6.04 Å². The van der Waals surface area contributed by atoms with E-state index in [2.05, 4.69) is 54.0 Å². The van der Waals surface area contributed by atoms with E-state index in [-0.39, 0.29) is 0 Å². The Kier molecular flexibility index (Phi) is 4.59. The maximum absolute atomic E-state index is 4.59. The second-order valence-corrected chi connectivity index (χ2v) is 5.16. The van der Waals surface area contributed by atoms with Crippen LogP contribution in [0.2, 0.25) is 0 Å². The van der Waals surface area contributed by atoms with Crippen molar-refractivity contribution >= 4 is 5.82 Å². The van der Waals surface area contributed by atoms with Crippen LogP contribution < -0.4 is 4.90 Å². The number of nitrogens with zero attached hydrogens (tertiary/aromatic N) is 3. The fourth-order valence-corrected chi connectivity index (χ4v) is 2.74. The third-order valence-corrected chi connectivity index (χ3v) is 3.90. The van der Waals surface area contributed by atoms with Crippen molar-refractivity contribution in [3.8, 4) is 0 Å². The molecule has 3 heteroatoms. The summed E-state index contributed by atoms with van der Waals surface area (Å²) in [5.41, 5.74) is 1.38. The van der Waals surface area contributed by atoms with Crippen molar-refractivity contribution in [2.24, 2.45) is 0 Å². The second-order valence-electron chi connectivity index (χ2n) is 5.16. The fraction of sp³-hybridized carbons (Fsp3) is 0.667. The second kappa shape index (κ2) is 6.19. The van der Waals surface area contributed by atoms with Crippen molar-refractivity contribution in [3.63, 3.8) is 0 Å². The minimum absolute atomic E-state index is 0.596. The van der Waals surface area contributed by atoms with Gasteiger partial charge in [-0.1, -0.05) is 13.0 Å². The zero-order chi connectivity index (χ0) is 13.0. The average molecular weight is 247 g/mol. The lowest BCUT2D eigenvalue weighted by Gasteiger charge is -2.24. The molecule has 0 spiro atoms. The van der Waals surface area contributed by atoms with Gasteiger partial charge in [0.05, 0.1) is 0 Å². The first kappa shape index (κ1) is 13.3. The lowest BCUT2D eigenvalue weighted by atomic mass is 10.1. The monoisotopic (exact) mass is 247 g/mol. The number of rotatable bonds is 5. The highest BCUT2D eigenvalue weighted by Gasteiger charge is 2.25. The average Bonchev–Trinajstić information content (AvgIpc) is 2.87. The van der Waals surface area contributed by atoms with Gasteiger partial charge < -0.3 is 4.90 Å². The zero-order valence-corrected chi connectivity index (χ0v) is 11.9. The number of hydrogen-bond donors (Lipinski definition) is 0. The van der Waals surface area contributed by atoms with E-state index < -0.39 is 0 Å². The molecule has 1 aliphatic rings. The largest absolute Gasteiger partial charge is 0.360 e. The summed E-state index contributed by atoms with van der Waals surface area (Å²) in [6.45, 7) is 7.86. The predicted molar refractivity (Wildman–Crippen MR) is 77.0 cm³/mol. The molecule has 1 fully saturated rings. The Morgan fingerprint density at radius 1 is 1.39 bits per heavy atom. The van der Waals surface area contributed by atoms with Gasteiger partial charge in [-0.25, -0.2) is 4.98 Å². The van der Waals surface area contributed by atoms with Crippen LogP contribution in [-0.2, 0) is 0 Å². The molecular formula is C15H25N3. The molecule has 0 radical (unpaired) electrons. The first-order valence-electron chi connectivity index (χ1n) is 7.17. The summed E-state index contributed by atoms with van der Waals surface area (Å²) < 4.78 is 0. The van der Waals surface area contributed by atoms with E-state index in [4.69, 9.17) is 0 Å². The van der Waals surface area contributed by atoms with E-state index >= 15 is 0 Å². The molecule has 1 aliphatic heterocycles. The topological polar surface area (TPSA) is 19.4 Å². The van der Waals surface area contributed by atoms with E-state index in [1.165, 1.54) is 37.9 Å². The summed E-state index contributed by atoms with van der Waals surface area (Å²) in [4.78, 5) is 9.35. The van der Waals surface area contributed by atoms with Crippen molar-refractivity contribution in [2.45, 2.75) is 39.2 Å². The van der Waals surface area contributed by atoms with Crippen LogP contribution >= 0.6 is 0 Å². The SMILES string of the molecule is CCCN1CCC[C@@H]1c1ccc(N(C)CC)nc1. The van der Waals surface area contributed by atoms with E-state index in [9.17, 15) is 0 Å². The van der Waals surface area contributed by atoms with Crippen LogP contribution in [0.25, 0.3) is 0 Å². The van der Waals surface area contributed by atoms with Gasteiger partial charge in [-0.15, -0.1) is 0 Å². The van der Waals surface area contributed by atoms with Gasteiger partial charge in [0.25, 0.3) is 0 Å².